The van der Waals surface area contributed by atoms with Gasteiger partial charge in [-0.3, -0.25) is 24.0 Å². The molecular weight excluding hydrogens is 831 g/mol. The zero-order valence-corrected chi connectivity index (χ0v) is 37.5. The van der Waals surface area contributed by atoms with Crippen molar-refractivity contribution in [2.24, 2.45) is 23.1 Å². The molecule has 2 heterocycles. The number of hydrogen-bond donors (Lipinski definition) is 7. The molecule has 0 saturated heterocycles. The summed E-state index contributed by atoms with van der Waals surface area (Å²) in [5, 5.41) is 28.7. The molecular formula is C47H59N11O7. The molecule has 4 bridgehead atoms. The van der Waals surface area contributed by atoms with Gasteiger partial charge in [-0.1, -0.05) is 32.0 Å². The molecule has 4 atom stereocenters. The Morgan fingerprint density at radius 2 is 1.58 bits per heavy atom. The standard InChI is InChI=1S/C47H59N11O7/c1-27(2)22-33-9-11-37(57-56-33)31-7-10-34(28(3)23-31)44(60)54-38(14-15-48)47(63)58(5)42-32-8-13-41(65-21-18-51)36(26-32)35-24-30(6-12-40(35)64-20-17-50)25-39(45(61)52-19-16-49)55-43(59)29(4)53-46(42)62/h6-13,23-24,26-27,29,38-39,42H,14-15,17-22,25,48,50-51H2,1-5H3,(H,52,61)(H,53,62)(H,54,60)(H,55,59)/t29-,38-,39-,42-/m0/s1. The lowest BCUT2D eigenvalue weighted by Crippen LogP contribution is -2.56. The van der Waals surface area contributed by atoms with Crippen LogP contribution in [0.3, 0.4) is 0 Å². The third-order valence-corrected chi connectivity index (χ3v) is 10.7. The Kier molecular flexibility index (Phi) is 17.5. The minimum absolute atomic E-state index is 0.00530. The molecule has 1 aromatic heterocycles. The Hall–Kier alpha value is -6.94. The van der Waals surface area contributed by atoms with E-state index in [9.17, 15) is 24.0 Å². The number of nitrogens with zero attached hydrogens (tertiary/aromatic N) is 4. The van der Waals surface area contributed by atoms with E-state index in [2.05, 4.69) is 45.3 Å². The van der Waals surface area contributed by atoms with Crippen molar-refractivity contribution in [3.05, 3.63) is 94.7 Å². The van der Waals surface area contributed by atoms with Gasteiger partial charge in [0.1, 0.15) is 55.4 Å². The first-order valence-electron chi connectivity index (χ1n) is 21.6. The second-order valence-corrected chi connectivity index (χ2v) is 16.2. The maximum absolute atomic E-state index is 14.7. The van der Waals surface area contributed by atoms with E-state index in [1.165, 1.54) is 18.9 Å². The van der Waals surface area contributed by atoms with Gasteiger partial charge in [0.25, 0.3) is 5.91 Å². The maximum atomic E-state index is 14.7. The molecule has 3 aromatic carbocycles. The number of rotatable bonds is 17. The van der Waals surface area contributed by atoms with Gasteiger partial charge in [0.15, 0.2) is 0 Å². The number of nitrogens with one attached hydrogen (secondary N) is 4. The molecule has 10 N–H and O–H groups in total. The van der Waals surface area contributed by atoms with Gasteiger partial charge in [-0.05, 0) is 104 Å². The summed E-state index contributed by atoms with van der Waals surface area (Å²) in [5.74, 6) is -2.02. The average Bonchev–Trinajstić information content (AvgIpc) is 3.28. The molecule has 0 spiro atoms. The van der Waals surface area contributed by atoms with E-state index in [0.29, 0.717) is 56.5 Å². The summed E-state index contributed by atoms with van der Waals surface area (Å²) in [5.41, 5.74) is 22.8. The summed E-state index contributed by atoms with van der Waals surface area (Å²) < 4.78 is 12.2. The van der Waals surface area contributed by atoms with Crippen molar-refractivity contribution in [1.29, 1.82) is 5.26 Å². The number of nitriles is 1. The third-order valence-electron chi connectivity index (χ3n) is 10.7. The summed E-state index contributed by atoms with van der Waals surface area (Å²) in [6.07, 6.45) is 0.833. The molecule has 0 fully saturated rings. The molecule has 0 saturated carbocycles. The van der Waals surface area contributed by atoms with Crippen LogP contribution in [0.25, 0.3) is 22.4 Å². The highest BCUT2D eigenvalue weighted by Crippen LogP contribution is 2.40. The van der Waals surface area contributed by atoms with Crippen molar-refractivity contribution < 1.29 is 33.4 Å². The first-order chi connectivity index (χ1) is 31.2. The molecule has 18 nitrogen and oxygen atoms in total. The van der Waals surface area contributed by atoms with Crippen molar-refractivity contribution in [2.45, 2.75) is 71.1 Å². The van der Waals surface area contributed by atoms with Crippen LogP contribution in [0.15, 0.2) is 66.7 Å². The van der Waals surface area contributed by atoms with Crippen LogP contribution >= 0.6 is 0 Å². The monoisotopic (exact) mass is 889 g/mol. The summed E-state index contributed by atoms with van der Waals surface area (Å²) in [4.78, 5) is 71.4. The quantitative estimate of drug-likeness (QED) is 0.0747. The number of carbonyl (C=O) groups is 5. The van der Waals surface area contributed by atoms with Gasteiger partial charge in [0.05, 0.1) is 17.5 Å². The first kappa shape index (κ1) is 49.1. The number of fused-ring (bicyclic) bond motifs is 5. The van der Waals surface area contributed by atoms with E-state index in [1.54, 1.807) is 55.5 Å². The number of benzene rings is 3. The molecule has 0 radical (unpaired) electrons. The molecule has 65 heavy (non-hydrogen) atoms. The average molecular weight is 890 g/mol. The molecule has 0 unspecified atom stereocenters. The molecule has 0 aliphatic carbocycles. The predicted molar refractivity (Wildman–Crippen MR) is 244 cm³/mol. The van der Waals surface area contributed by atoms with Gasteiger partial charge in [-0.2, -0.15) is 15.5 Å². The SMILES string of the molecule is Cc1cc(-c2ccc(CC(C)C)nn2)ccc1C(=O)N[C@@H](CCN)C(=O)N(C)[C@@H]1C(=O)N[C@@H](C)C(=O)N[C@H](C(=O)NCC#N)Cc2ccc(OCCN)c(c2)-c2cc1ccc2OCCN. The van der Waals surface area contributed by atoms with Crippen LogP contribution in [0.5, 0.6) is 11.5 Å². The smallest absolute Gasteiger partial charge is 0.252 e. The number of ether oxygens (including phenoxy) is 2. The van der Waals surface area contributed by atoms with Crippen LogP contribution in [0, 0.1) is 24.2 Å². The fraction of sp³-hybridized carbons (Fsp3) is 0.404. The Balaban J connectivity index is 1.55. The highest BCUT2D eigenvalue weighted by atomic mass is 16.5. The number of nitrogens with two attached hydrogens (primary N) is 3. The maximum Gasteiger partial charge on any atom is 0.252 e. The lowest BCUT2D eigenvalue weighted by atomic mass is 9.93. The largest absolute Gasteiger partial charge is 0.492 e. The van der Waals surface area contributed by atoms with E-state index in [-0.39, 0.29) is 52.2 Å². The highest BCUT2D eigenvalue weighted by molar-refractivity contribution is 6.00. The lowest BCUT2D eigenvalue weighted by molar-refractivity contribution is -0.141. The van der Waals surface area contributed by atoms with Crippen LogP contribution in [0.1, 0.15) is 66.0 Å². The highest BCUT2D eigenvalue weighted by Gasteiger charge is 2.36. The number of likely N-dealkylation sites (N-methyl/N-ethyl adjacent to an activating group) is 1. The van der Waals surface area contributed by atoms with Gasteiger partial charge in [-0.25, -0.2) is 0 Å². The van der Waals surface area contributed by atoms with E-state index < -0.39 is 53.7 Å². The van der Waals surface area contributed by atoms with E-state index >= 15 is 0 Å². The Labute approximate surface area is 379 Å². The summed E-state index contributed by atoms with van der Waals surface area (Å²) >= 11 is 0. The lowest BCUT2D eigenvalue weighted by Gasteiger charge is -2.32. The van der Waals surface area contributed by atoms with Crippen molar-refractivity contribution in [1.82, 2.24) is 36.4 Å². The fourth-order valence-corrected chi connectivity index (χ4v) is 7.48. The Bertz CT molecular complexity index is 2390. The van der Waals surface area contributed by atoms with Crippen LogP contribution in [-0.4, -0.2) is 109 Å². The van der Waals surface area contributed by atoms with E-state index in [1.807, 2.05) is 24.3 Å². The normalized spacial score (nSPS) is 16.5. The van der Waals surface area contributed by atoms with Gasteiger partial charge in [0.2, 0.25) is 23.6 Å². The second-order valence-electron chi connectivity index (χ2n) is 16.2. The fourth-order valence-electron chi connectivity index (χ4n) is 7.48. The van der Waals surface area contributed by atoms with E-state index in [4.69, 9.17) is 31.9 Å². The van der Waals surface area contributed by atoms with Crippen molar-refractivity contribution in [3.63, 3.8) is 0 Å². The van der Waals surface area contributed by atoms with Crippen LogP contribution < -0.4 is 47.9 Å². The minimum Gasteiger partial charge on any atom is -0.492 e. The van der Waals surface area contributed by atoms with E-state index in [0.717, 1.165) is 17.7 Å². The Morgan fingerprint density at radius 1 is 0.892 bits per heavy atom. The topological polar surface area (TPSA) is 283 Å². The van der Waals surface area contributed by atoms with Crippen molar-refractivity contribution in [3.8, 4) is 40.0 Å². The number of aryl methyl sites for hydroxylation is 1. The van der Waals surface area contributed by atoms with Crippen molar-refractivity contribution >= 4 is 29.5 Å². The van der Waals surface area contributed by atoms with Gasteiger partial charge < -0.3 is 52.8 Å². The zero-order valence-electron chi connectivity index (χ0n) is 37.5. The molecule has 1 aliphatic rings. The number of carbonyl (C=O) groups excluding carboxylic acids is 5. The number of hydrogen-bond acceptors (Lipinski definition) is 13. The first-order valence-corrected chi connectivity index (χ1v) is 21.6. The van der Waals surface area contributed by atoms with Crippen molar-refractivity contribution in [2.75, 3.05) is 46.4 Å². The summed E-state index contributed by atoms with van der Waals surface area (Å²) in [6, 6.07) is 16.2. The Morgan fingerprint density at radius 3 is 2.20 bits per heavy atom. The minimum atomic E-state index is -1.39. The van der Waals surface area contributed by atoms with Gasteiger partial charge in [0, 0.05) is 48.8 Å². The number of amides is 5. The third kappa shape index (κ3) is 12.6. The van der Waals surface area contributed by atoms with Gasteiger partial charge in [-0.15, -0.1) is 0 Å². The second kappa shape index (κ2) is 23.1. The molecule has 1 aliphatic heterocycles. The van der Waals surface area contributed by atoms with Crippen LogP contribution in [0.4, 0.5) is 0 Å². The van der Waals surface area contributed by atoms with Crippen LogP contribution in [-0.2, 0) is 32.0 Å². The van der Waals surface area contributed by atoms with Gasteiger partial charge >= 0.3 is 0 Å². The van der Waals surface area contributed by atoms with Crippen LogP contribution in [0.2, 0.25) is 0 Å². The summed E-state index contributed by atoms with van der Waals surface area (Å²) in [6.45, 7) is 7.84. The molecule has 5 rings (SSSR count). The zero-order chi connectivity index (χ0) is 47.2. The molecule has 4 aromatic rings. The molecule has 5 amide bonds. The molecule has 18 heteroatoms. The molecule has 344 valence electrons. The predicted octanol–water partition coefficient (Wildman–Crippen LogP) is 1.82. The summed E-state index contributed by atoms with van der Waals surface area (Å²) in [7, 11) is 1.42. The number of aromatic nitrogens is 2.